The zero-order chi connectivity index (χ0) is 25.5. The lowest BCUT2D eigenvalue weighted by molar-refractivity contribution is -0.135. The van der Waals surface area contributed by atoms with Crippen molar-refractivity contribution in [3.05, 3.63) is 80.7 Å². The molecular weight excluding hydrogens is 534 g/mol. The van der Waals surface area contributed by atoms with Gasteiger partial charge in [0.05, 0.1) is 11.4 Å². The number of nitrogens with zero attached hydrogens (tertiary/aromatic N) is 3. The molecule has 2 amide bonds. The Hall–Kier alpha value is -2.38. The maximum absolute atomic E-state index is 13.9. The van der Waals surface area contributed by atoms with E-state index in [0.717, 1.165) is 42.4 Å². The number of thiophene rings is 1. The summed E-state index contributed by atoms with van der Waals surface area (Å²) < 4.78 is 3.30. The van der Waals surface area contributed by atoms with Gasteiger partial charge in [-0.2, -0.15) is 0 Å². The number of aromatic nitrogens is 1. The number of halogens is 1. The summed E-state index contributed by atoms with van der Waals surface area (Å²) >= 11 is 4.94. The number of benzene rings is 1. The van der Waals surface area contributed by atoms with Gasteiger partial charge in [0.15, 0.2) is 0 Å². The SMILES string of the molecule is CC(C)CN(CC(=O)N(Cc1cccn1Cc1ccc(Br)cc1)C1CCCCC1)C(=O)c1cccs1. The van der Waals surface area contributed by atoms with Gasteiger partial charge in [-0.05, 0) is 60.0 Å². The Morgan fingerprint density at radius 2 is 1.81 bits per heavy atom. The van der Waals surface area contributed by atoms with Gasteiger partial charge in [0.2, 0.25) is 5.91 Å². The molecule has 192 valence electrons. The third kappa shape index (κ3) is 7.10. The molecule has 7 heteroatoms. The van der Waals surface area contributed by atoms with Gasteiger partial charge in [0.25, 0.3) is 5.91 Å². The zero-order valence-electron chi connectivity index (χ0n) is 21.2. The Morgan fingerprint density at radius 3 is 2.47 bits per heavy atom. The molecule has 4 rings (SSSR count). The summed E-state index contributed by atoms with van der Waals surface area (Å²) in [6.07, 6.45) is 7.68. The van der Waals surface area contributed by atoms with Crippen molar-refractivity contribution >= 4 is 39.1 Å². The second-order valence-corrected chi connectivity index (χ2v) is 12.0. The standard InChI is InChI=1S/C29H36BrN3O2S/c1-22(2)18-32(29(35)27-11-7-17-36-27)21-28(34)33(25-8-4-3-5-9-25)20-26-10-6-16-31(26)19-23-12-14-24(30)15-13-23/h6-7,10-17,22,25H,3-5,8-9,18-21H2,1-2H3. The van der Waals surface area contributed by atoms with E-state index in [9.17, 15) is 9.59 Å². The van der Waals surface area contributed by atoms with Crippen LogP contribution in [0.4, 0.5) is 0 Å². The third-order valence-electron chi connectivity index (χ3n) is 6.79. The normalized spacial score (nSPS) is 14.2. The summed E-state index contributed by atoms with van der Waals surface area (Å²) in [5.41, 5.74) is 2.34. The molecule has 0 aliphatic heterocycles. The van der Waals surface area contributed by atoms with E-state index in [0.29, 0.717) is 18.0 Å². The fraction of sp³-hybridized carbons (Fsp3) is 0.448. The van der Waals surface area contributed by atoms with Gasteiger partial charge in [-0.25, -0.2) is 0 Å². The van der Waals surface area contributed by atoms with E-state index >= 15 is 0 Å². The smallest absolute Gasteiger partial charge is 0.264 e. The summed E-state index contributed by atoms with van der Waals surface area (Å²) in [7, 11) is 0. The second kappa shape index (κ2) is 12.7. The van der Waals surface area contributed by atoms with Crippen LogP contribution >= 0.6 is 27.3 Å². The van der Waals surface area contributed by atoms with E-state index in [1.807, 2.05) is 17.5 Å². The fourth-order valence-corrected chi connectivity index (χ4v) is 5.95. The molecule has 36 heavy (non-hydrogen) atoms. The predicted molar refractivity (Wildman–Crippen MR) is 150 cm³/mol. The van der Waals surface area contributed by atoms with Crippen LogP contribution in [0.5, 0.6) is 0 Å². The zero-order valence-corrected chi connectivity index (χ0v) is 23.6. The van der Waals surface area contributed by atoms with Crippen LogP contribution in [0.2, 0.25) is 0 Å². The Labute approximate surface area is 227 Å². The average Bonchev–Trinajstić information content (AvgIpc) is 3.56. The summed E-state index contributed by atoms with van der Waals surface area (Å²) in [5, 5.41) is 1.91. The molecule has 3 aromatic rings. The maximum Gasteiger partial charge on any atom is 0.264 e. The van der Waals surface area contributed by atoms with Crippen molar-refractivity contribution in [2.75, 3.05) is 13.1 Å². The number of hydrogen-bond donors (Lipinski definition) is 0. The topological polar surface area (TPSA) is 45.6 Å². The van der Waals surface area contributed by atoms with E-state index in [2.05, 4.69) is 81.8 Å². The Kier molecular flexibility index (Phi) is 9.43. The number of carbonyl (C=O) groups excluding carboxylic acids is 2. The van der Waals surface area contributed by atoms with Gasteiger partial charge >= 0.3 is 0 Å². The molecule has 0 radical (unpaired) electrons. The van der Waals surface area contributed by atoms with Crippen molar-refractivity contribution in [2.24, 2.45) is 5.92 Å². The van der Waals surface area contributed by atoms with Crippen LogP contribution < -0.4 is 0 Å². The van der Waals surface area contributed by atoms with Gasteiger partial charge in [0, 0.05) is 35.5 Å². The first-order valence-electron chi connectivity index (χ1n) is 12.9. The molecule has 5 nitrogen and oxygen atoms in total. The monoisotopic (exact) mass is 569 g/mol. The average molecular weight is 571 g/mol. The number of amides is 2. The first-order valence-corrected chi connectivity index (χ1v) is 14.6. The molecule has 0 atom stereocenters. The maximum atomic E-state index is 13.9. The van der Waals surface area contributed by atoms with Gasteiger partial charge in [0.1, 0.15) is 6.54 Å². The van der Waals surface area contributed by atoms with Crippen LogP contribution in [-0.2, 0) is 17.9 Å². The molecule has 0 N–H and O–H groups in total. The van der Waals surface area contributed by atoms with Crippen LogP contribution in [0.1, 0.15) is 66.9 Å². The molecule has 2 aromatic heterocycles. The highest BCUT2D eigenvalue weighted by Gasteiger charge is 2.29. The van der Waals surface area contributed by atoms with Crippen molar-refractivity contribution in [1.29, 1.82) is 0 Å². The highest BCUT2D eigenvalue weighted by molar-refractivity contribution is 9.10. The molecule has 2 heterocycles. The molecule has 1 fully saturated rings. The Morgan fingerprint density at radius 1 is 1.06 bits per heavy atom. The second-order valence-electron chi connectivity index (χ2n) is 10.1. The molecule has 0 spiro atoms. The van der Waals surface area contributed by atoms with E-state index < -0.39 is 0 Å². The third-order valence-corrected chi connectivity index (χ3v) is 8.18. The van der Waals surface area contributed by atoms with Crippen LogP contribution in [0.25, 0.3) is 0 Å². The van der Waals surface area contributed by atoms with Gasteiger partial charge in [-0.1, -0.05) is 67.2 Å². The van der Waals surface area contributed by atoms with Crippen LogP contribution in [0.15, 0.2) is 64.6 Å². The molecule has 1 aliphatic rings. The Bertz CT molecular complexity index is 1120. The summed E-state index contributed by atoms with van der Waals surface area (Å²) in [6, 6.07) is 16.5. The van der Waals surface area contributed by atoms with E-state index in [1.54, 1.807) is 4.90 Å². The summed E-state index contributed by atoms with van der Waals surface area (Å²) in [4.78, 5) is 31.6. The van der Waals surface area contributed by atoms with Gasteiger partial charge in [-0.3, -0.25) is 9.59 Å². The van der Waals surface area contributed by atoms with E-state index in [4.69, 9.17) is 0 Å². The molecule has 1 aromatic carbocycles. The van der Waals surface area contributed by atoms with Crippen molar-refractivity contribution in [2.45, 2.75) is 65.1 Å². The van der Waals surface area contributed by atoms with Crippen LogP contribution in [0, 0.1) is 5.92 Å². The molecule has 0 bridgehead atoms. The summed E-state index contributed by atoms with van der Waals surface area (Å²) in [5.74, 6) is 0.283. The minimum Gasteiger partial charge on any atom is -0.345 e. The highest BCUT2D eigenvalue weighted by Crippen LogP contribution is 2.25. The molecule has 0 saturated heterocycles. The lowest BCUT2D eigenvalue weighted by Crippen LogP contribution is -2.48. The Balaban J connectivity index is 1.54. The number of hydrogen-bond acceptors (Lipinski definition) is 3. The molecule has 1 saturated carbocycles. The fourth-order valence-electron chi connectivity index (χ4n) is 4.99. The minimum absolute atomic E-state index is 0.0452. The predicted octanol–water partition coefficient (Wildman–Crippen LogP) is 6.82. The lowest BCUT2D eigenvalue weighted by atomic mass is 9.94. The number of rotatable bonds is 10. The van der Waals surface area contributed by atoms with Crippen molar-refractivity contribution in [3.8, 4) is 0 Å². The van der Waals surface area contributed by atoms with Gasteiger partial charge < -0.3 is 14.4 Å². The summed E-state index contributed by atoms with van der Waals surface area (Å²) in [6.45, 7) is 6.20. The highest BCUT2D eigenvalue weighted by atomic mass is 79.9. The van der Waals surface area contributed by atoms with Crippen molar-refractivity contribution < 1.29 is 9.59 Å². The van der Waals surface area contributed by atoms with Crippen LogP contribution in [-0.4, -0.2) is 45.3 Å². The lowest BCUT2D eigenvalue weighted by Gasteiger charge is -2.36. The van der Waals surface area contributed by atoms with E-state index in [-0.39, 0.29) is 30.3 Å². The van der Waals surface area contributed by atoms with E-state index in [1.165, 1.54) is 23.3 Å². The minimum atomic E-state index is -0.0470. The molecule has 1 aliphatic carbocycles. The molecular formula is C29H36BrN3O2S. The van der Waals surface area contributed by atoms with Crippen molar-refractivity contribution in [3.63, 3.8) is 0 Å². The molecule has 0 unspecified atom stereocenters. The first kappa shape index (κ1) is 26.7. The largest absolute Gasteiger partial charge is 0.345 e. The number of carbonyl (C=O) groups is 2. The van der Waals surface area contributed by atoms with Crippen molar-refractivity contribution in [1.82, 2.24) is 14.4 Å². The first-order chi connectivity index (χ1) is 17.4. The quantitative estimate of drug-likeness (QED) is 0.269. The van der Waals surface area contributed by atoms with Crippen LogP contribution in [0.3, 0.4) is 0 Å². The van der Waals surface area contributed by atoms with Gasteiger partial charge in [-0.15, -0.1) is 11.3 Å².